The number of aryl methyl sites for hydroxylation is 2. The maximum Gasteiger partial charge on any atom is 0.186 e. The zero-order chi connectivity index (χ0) is 23.9. The van der Waals surface area contributed by atoms with Crippen LogP contribution >= 0.6 is 0 Å². The minimum Gasteiger partial charge on any atom is -0.294 e. The molecule has 0 bridgehead atoms. The maximum absolute atomic E-state index is 14.1. The number of rotatable bonds is 5. The van der Waals surface area contributed by atoms with Crippen molar-refractivity contribution in [1.82, 2.24) is 0 Å². The van der Waals surface area contributed by atoms with E-state index in [0.717, 1.165) is 22.3 Å². The van der Waals surface area contributed by atoms with Gasteiger partial charge in [0.2, 0.25) is 0 Å². The molecule has 0 fully saturated rings. The van der Waals surface area contributed by atoms with Crippen molar-refractivity contribution in [1.29, 1.82) is 0 Å². The van der Waals surface area contributed by atoms with Crippen molar-refractivity contribution in [3.05, 3.63) is 137 Å². The lowest BCUT2D eigenvalue weighted by atomic mass is 9.81. The molecule has 1 aliphatic rings. The van der Waals surface area contributed by atoms with Gasteiger partial charge in [-0.2, -0.15) is 0 Å². The second-order valence-electron chi connectivity index (χ2n) is 9.05. The molecule has 0 heterocycles. The van der Waals surface area contributed by atoms with Gasteiger partial charge in [-0.25, -0.2) is 8.42 Å². The zero-order valence-corrected chi connectivity index (χ0v) is 20.0. The van der Waals surface area contributed by atoms with Crippen LogP contribution in [0.25, 0.3) is 0 Å². The van der Waals surface area contributed by atoms with Gasteiger partial charge in [-0.15, -0.1) is 0 Å². The van der Waals surface area contributed by atoms with Gasteiger partial charge in [-0.1, -0.05) is 102 Å². The average Bonchev–Trinajstić information content (AvgIpc) is 3.21. The van der Waals surface area contributed by atoms with Gasteiger partial charge in [-0.3, -0.25) is 4.79 Å². The molecule has 0 spiro atoms. The number of ketones is 1. The van der Waals surface area contributed by atoms with Gasteiger partial charge in [0.1, 0.15) is 5.25 Å². The van der Waals surface area contributed by atoms with Gasteiger partial charge >= 0.3 is 0 Å². The van der Waals surface area contributed by atoms with Crippen LogP contribution in [0.2, 0.25) is 0 Å². The molecule has 0 N–H and O–H groups in total. The Labute approximate surface area is 201 Å². The number of hydrogen-bond acceptors (Lipinski definition) is 3. The number of hydrogen-bond donors (Lipinski definition) is 0. The summed E-state index contributed by atoms with van der Waals surface area (Å²) in [4.78, 5) is 14.3. The van der Waals surface area contributed by atoms with Crippen molar-refractivity contribution in [2.75, 3.05) is 0 Å². The SMILES string of the molecule is Cc1ccc(C(=O)[C@H]2[C@H](c3ccc(C)cc3)c3ccccc3[C@@H]2S(=O)(=O)c2ccccc2)cc1. The summed E-state index contributed by atoms with van der Waals surface area (Å²) in [6.07, 6.45) is 0. The highest BCUT2D eigenvalue weighted by Crippen LogP contribution is 2.54. The number of sulfone groups is 1. The van der Waals surface area contributed by atoms with E-state index in [4.69, 9.17) is 0 Å². The first kappa shape index (κ1) is 22.3. The highest BCUT2D eigenvalue weighted by atomic mass is 32.2. The first-order valence-corrected chi connectivity index (χ1v) is 13.0. The van der Waals surface area contributed by atoms with E-state index in [-0.39, 0.29) is 16.6 Å². The summed E-state index contributed by atoms with van der Waals surface area (Å²) in [6.45, 7) is 3.99. The molecule has 4 heteroatoms. The van der Waals surface area contributed by atoms with Crippen LogP contribution in [0.15, 0.2) is 108 Å². The van der Waals surface area contributed by atoms with Gasteiger partial charge < -0.3 is 0 Å². The first-order valence-electron chi connectivity index (χ1n) is 11.4. The standard InChI is InChI=1S/C30H26O3S/c1-20-12-16-22(17-13-20)27-25-10-6-7-11-26(25)30(34(32,33)24-8-4-3-5-9-24)28(27)29(31)23-18-14-21(2)15-19-23/h3-19,27-28,30H,1-2H3/t27-,28-,30+/m1/s1. The highest BCUT2D eigenvalue weighted by molar-refractivity contribution is 7.91. The van der Waals surface area contributed by atoms with Crippen molar-refractivity contribution >= 4 is 15.6 Å². The molecule has 0 aromatic heterocycles. The van der Waals surface area contributed by atoms with Crippen molar-refractivity contribution in [3.8, 4) is 0 Å². The summed E-state index contributed by atoms with van der Waals surface area (Å²) in [5.41, 5.74) is 5.27. The first-order chi connectivity index (χ1) is 16.4. The Kier molecular flexibility index (Phi) is 5.70. The van der Waals surface area contributed by atoms with Crippen molar-refractivity contribution in [2.24, 2.45) is 5.92 Å². The molecule has 0 aliphatic heterocycles. The van der Waals surface area contributed by atoms with Crippen LogP contribution in [0, 0.1) is 19.8 Å². The predicted octanol–water partition coefficient (Wildman–Crippen LogP) is 6.46. The fourth-order valence-corrected chi connectivity index (χ4v) is 7.14. The Morgan fingerprint density at radius 3 is 1.79 bits per heavy atom. The van der Waals surface area contributed by atoms with Crippen LogP contribution in [0.1, 0.15) is 49.3 Å². The number of carbonyl (C=O) groups excluding carboxylic acids is 1. The van der Waals surface area contributed by atoms with Gasteiger partial charge in [0, 0.05) is 11.5 Å². The molecule has 0 unspecified atom stereocenters. The predicted molar refractivity (Wildman–Crippen MR) is 135 cm³/mol. The molecular formula is C30H26O3S. The van der Waals surface area contributed by atoms with Crippen LogP contribution in [0.5, 0.6) is 0 Å². The van der Waals surface area contributed by atoms with E-state index in [1.165, 1.54) is 0 Å². The van der Waals surface area contributed by atoms with Crippen LogP contribution in [-0.4, -0.2) is 14.2 Å². The normalized spacial score (nSPS) is 19.5. The molecule has 3 nitrogen and oxygen atoms in total. The molecular weight excluding hydrogens is 440 g/mol. The second kappa shape index (κ2) is 8.69. The van der Waals surface area contributed by atoms with E-state index >= 15 is 0 Å². The lowest BCUT2D eigenvalue weighted by Crippen LogP contribution is -2.28. The third-order valence-corrected chi connectivity index (χ3v) is 8.95. The molecule has 0 saturated carbocycles. The van der Waals surface area contributed by atoms with E-state index in [1.54, 1.807) is 42.5 Å². The van der Waals surface area contributed by atoms with Crippen molar-refractivity contribution in [3.63, 3.8) is 0 Å². The Hall–Kier alpha value is -3.50. The summed E-state index contributed by atoms with van der Waals surface area (Å²) in [5.74, 6) is -1.27. The second-order valence-corrected chi connectivity index (χ2v) is 11.1. The lowest BCUT2D eigenvalue weighted by Gasteiger charge is -2.25. The quantitative estimate of drug-likeness (QED) is 0.317. The zero-order valence-electron chi connectivity index (χ0n) is 19.2. The van der Waals surface area contributed by atoms with E-state index in [9.17, 15) is 13.2 Å². The molecule has 4 aromatic carbocycles. The number of carbonyl (C=O) groups is 1. The van der Waals surface area contributed by atoms with Crippen LogP contribution in [-0.2, 0) is 9.84 Å². The van der Waals surface area contributed by atoms with Crippen LogP contribution in [0.4, 0.5) is 0 Å². The number of benzene rings is 4. The van der Waals surface area contributed by atoms with Gasteiger partial charge in [0.15, 0.2) is 15.6 Å². The summed E-state index contributed by atoms with van der Waals surface area (Å²) >= 11 is 0. The summed E-state index contributed by atoms with van der Waals surface area (Å²) in [6, 6.07) is 31.6. The molecule has 3 atom stereocenters. The molecule has 170 valence electrons. The van der Waals surface area contributed by atoms with Gasteiger partial charge in [0.25, 0.3) is 0 Å². The average molecular weight is 467 g/mol. The third-order valence-electron chi connectivity index (χ3n) is 6.80. The Morgan fingerprint density at radius 2 is 1.18 bits per heavy atom. The fourth-order valence-electron chi connectivity index (χ4n) is 5.09. The molecule has 5 rings (SSSR count). The minimum absolute atomic E-state index is 0.147. The topological polar surface area (TPSA) is 51.2 Å². The summed E-state index contributed by atoms with van der Waals surface area (Å²) < 4.78 is 28.2. The Bertz CT molecular complexity index is 1440. The minimum atomic E-state index is -3.83. The smallest absolute Gasteiger partial charge is 0.186 e. The molecule has 0 saturated heterocycles. The number of fused-ring (bicyclic) bond motifs is 1. The van der Waals surface area contributed by atoms with Crippen molar-refractivity contribution in [2.45, 2.75) is 29.9 Å². The van der Waals surface area contributed by atoms with E-state index in [1.807, 2.05) is 74.5 Å². The highest BCUT2D eigenvalue weighted by Gasteiger charge is 2.51. The van der Waals surface area contributed by atoms with E-state index in [2.05, 4.69) is 0 Å². The summed E-state index contributed by atoms with van der Waals surface area (Å²) in [7, 11) is -3.83. The largest absolute Gasteiger partial charge is 0.294 e. The summed E-state index contributed by atoms with van der Waals surface area (Å²) in [5, 5.41) is -0.966. The molecule has 0 radical (unpaired) electrons. The fraction of sp³-hybridized carbons (Fsp3) is 0.167. The Morgan fingerprint density at radius 1 is 0.647 bits per heavy atom. The number of Topliss-reactive ketones (excluding diaryl/α,β-unsaturated/α-hetero) is 1. The monoisotopic (exact) mass is 466 g/mol. The molecule has 0 amide bonds. The van der Waals surface area contributed by atoms with Gasteiger partial charge in [0.05, 0.1) is 10.8 Å². The third kappa shape index (κ3) is 3.78. The van der Waals surface area contributed by atoms with E-state index < -0.39 is 21.0 Å². The van der Waals surface area contributed by atoms with Crippen LogP contribution in [0.3, 0.4) is 0 Å². The molecule has 1 aliphatic carbocycles. The molecule has 4 aromatic rings. The van der Waals surface area contributed by atoms with Crippen LogP contribution < -0.4 is 0 Å². The Balaban J connectivity index is 1.75. The van der Waals surface area contributed by atoms with Crippen molar-refractivity contribution < 1.29 is 13.2 Å². The lowest BCUT2D eigenvalue weighted by molar-refractivity contribution is 0.0911. The molecule has 34 heavy (non-hydrogen) atoms. The van der Waals surface area contributed by atoms with Gasteiger partial charge in [-0.05, 0) is 42.7 Å². The maximum atomic E-state index is 14.1. The van der Waals surface area contributed by atoms with E-state index in [0.29, 0.717) is 11.1 Å².